The molecule has 0 aliphatic carbocycles. The van der Waals surface area contributed by atoms with Crippen molar-refractivity contribution < 1.29 is 17.9 Å². The third-order valence-electron chi connectivity index (χ3n) is 4.94. The summed E-state index contributed by atoms with van der Waals surface area (Å²) < 4.78 is 37.6. The molecule has 0 saturated carbocycles. The third-order valence-corrected chi connectivity index (χ3v) is 6.82. The quantitative estimate of drug-likeness (QED) is 0.697. The summed E-state index contributed by atoms with van der Waals surface area (Å²) in [6, 6.07) is 11.3. The van der Waals surface area contributed by atoms with E-state index in [1.165, 1.54) is 10.5 Å². The fraction of sp³-hybridized carbons (Fsp3) is 0.450. The molecule has 9 heteroatoms. The molecule has 1 saturated heterocycles. The number of pyridine rings is 1. The first-order valence-corrected chi connectivity index (χ1v) is 10.9. The minimum absolute atomic E-state index is 0.0599. The van der Waals surface area contributed by atoms with Crippen LogP contribution in [0.25, 0.3) is 0 Å². The van der Waals surface area contributed by atoms with E-state index in [2.05, 4.69) is 15.2 Å². The highest BCUT2D eigenvalue weighted by atomic mass is 32.2. The fourth-order valence-electron chi connectivity index (χ4n) is 3.29. The molecule has 1 unspecified atom stereocenters. The Hall–Kier alpha value is -2.20. The highest BCUT2D eigenvalue weighted by Crippen LogP contribution is 2.28. The summed E-state index contributed by atoms with van der Waals surface area (Å²) in [4.78, 5) is 6.60. The van der Waals surface area contributed by atoms with E-state index in [1.54, 1.807) is 19.2 Å². The molecule has 2 heterocycles. The van der Waals surface area contributed by atoms with E-state index in [-0.39, 0.29) is 10.9 Å². The number of hydrogen-bond donors (Lipinski definition) is 1. The second-order valence-electron chi connectivity index (χ2n) is 7.00. The van der Waals surface area contributed by atoms with Crippen molar-refractivity contribution in [1.29, 1.82) is 0 Å². The standard InChI is InChI=1S/C20H28N4O4S/c1-23(2)18(17-6-4-5-7-19(17)27-3)15-22-20-9-8-16(14-21-20)29(25,26)24-10-12-28-13-11-24/h4-9,14,18H,10-13,15H2,1-3H3,(H,21,22). The summed E-state index contributed by atoms with van der Waals surface area (Å²) in [5.74, 6) is 1.44. The number of benzene rings is 1. The summed E-state index contributed by atoms with van der Waals surface area (Å²) >= 11 is 0. The first-order valence-electron chi connectivity index (χ1n) is 9.50. The van der Waals surface area contributed by atoms with Crippen LogP contribution in [-0.2, 0) is 14.8 Å². The molecule has 158 valence electrons. The summed E-state index contributed by atoms with van der Waals surface area (Å²) in [6.45, 7) is 2.16. The van der Waals surface area contributed by atoms with Crippen LogP contribution in [0.2, 0.25) is 0 Å². The number of sulfonamides is 1. The number of likely N-dealkylation sites (N-methyl/N-ethyl adjacent to an activating group) is 1. The van der Waals surface area contributed by atoms with E-state index in [9.17, 15) is 8.42 Å². The molecule has 1 atom stereocenters. The van der Waals surface area contributed by atoms with Gasteiger partial charge >= 0.3 is 0 Å². The van der Waals surface area contributed by atoms with Crippen molar-refractivity contribution in [2.45, 2.75) is 10.9 Å². The van der Waals surface area contributed by atoms with Crippen molar-refractivity contribution in [2.24, 2.45) is 0 Å². The number of aromatic nitrogens is 1. The molecule has 1 fully saturated rings. The van der Waals surface area contributed by atoms with Crippen LogP contribution in [0.4, 0.5) is 5.82 Å². The van der Waals surface area contributed by atoms with Crippen LogP contribution in [0.3, 0.4) is 0 Å². The average molecular weight is 421 g/mol. The third kappa shape index (κ3) is 5.05. The zero-order valence-corrected chi connectivity index (χ0v) is 17.9. The number of anilines is 1. The van der Waals surface area contributed by atoms with E-state index in [1.807, 2.05) is 38.4 Å². The highest BCUT2D eigenvalue weighted by Gasteiger charge is 2.26. The van der Waals surface area contributed by atoms with Gasteiger partial charge in [0.25, 0.3) is 0 Å². The lowest BCUT2D eigenvalue weighted by Crippen LogP contribution is -2.40. The van der Waals surface area contributed by atoms with E-state index >= 15 is 0 Å². The Balaban J connectivity index is 1.70. The maximum Gasteiger partial charge on any atom is 0.244 e. The number of methoxy groups -OCH3 is 1. The van der Waals surface area contributed by atoms with Gasteiger partial charge in [0.1, 0.15) is 16.5 Å². The van der Waals surface area contributed by atoms with Crippen LogP contribution in [-0.4, -0.2) is 76.7 Å². The monoisotopic (exact) mass is 420 g/mol. The van der Waals surface area contributed by atoms with Gasteiger partial charge in [0, 0.05) is 31.4 Å². The molecule has 1 aliphatic heterocycles. The van der Waals surface area contributed by atoms with Crippen LogP contribution in [0.1, 0.15) is 11.6 Å². The van der Waals surface area contributed by atoms with Gasteiger partial charge in [0.2, 0.25) is 10.0 Å². The van der Waals surface area contributed by atoms with Gasteiger partial charge in [-0.05, 0) is 32.3 Å². The summed E-state index contributed by atoms with van der Waals surface area (Å²) in [5.41, 5.74) is 1.07. The number of rotatable bonds is 8. The maximum atomic E-state index is 12.7. The molecular weight excluding hydrogens is 392 g/mol. The molecule has 1 aromatic heterocycles. The highest BCUT2D eigenvalue weighted by molar-refractivity contribution is 7.89. The van der Waals surface area contributed by atoms with Crippen molar-refractivity contribution in [3.63, 3.8) is 0 Å². The molecular formula is C20H28N4O4S. The maximum absolute atomic E-state index is 12.7. The van der Waals surface area contributed by atoms with Gasteiger partial charge < -0.3 is 19.7 Å². The molecule has 0 spiro atoms. The Bertz CT molecular complexity index is 897. The van der Waals surface area contributed by atoms with Gasteiger partial charge in [0.15, 0.2) is 0 Å². The van der Waals surface area contributed by atoms with Gasteiger partial charge in [-0.1, -0.05) is 18.2 Å². The first-order chi connectivity index (χ1) is 13.9. The number of nitrogens with one attached hydrogen (secondary N) is 1. The Kier molecular flexibility index (Phi) is 7.07. The molecule has 1 N–H and O–H groups in total. The Labute approximate surface area is 172 Å². The predicted molar refractivity (Wildman–Crippen MR) is 112 cm³/mol. The van der Waals surface area contributed by atoms with Crippen molar-refractivity contribution in [3.8, 4) is 5.75 Å². The van der Waals surface area contributed by atoms with E-state index in [0.717, 1.165) is 11.3 Å². The van der Waals surface area contributed by atoms with Crippen LogP contribution in [0.5, 0.6) is 5.75 Å². The number of hydrogen-bond acceptors (Lipinski definition) is 7. The molecule has 1 aliphatic rings. The topological polar surface area (TPSA) is 84.0 Å². The smallest absolute Gasteiger partial charge is 0.244 e. The van der Waals surface area contributed by atoms with Crippen LogP contribution in [0.15, 0.2) is 47.5 Å². The number of para-hydroxylation sites is 1. The van der Waals surface area contributed by atoms with Crippen molar-refractivity contribution in [2.75, 3.05) is 59.4 Å². The lowest BCUT2D eigenvalue weighted by molar-refractivity contribution is 0.0730. The van der Waals surface area contributed by atoms with Gasteiger partial charge in [-0.2, -0.15) is 4.31 Å². The molecule has 2 aromatic rings. The molecule has 29 heavy (non-hydrogen) atoms. The molecule has 0 bridgehead atoms. The molecule has 0 radical (unpaired) electrons. The number of ether oxygens (including phenoxy) is 2. The van der Waals surface area contributed by atoms with Crippen molar-refractivity contribution in [3.05, 3.63) is 48.2 Å². The lowest BCUT2D eigenvalue weighted by Gasteiger charge is -2.27. The van der Waals surface area contributed by atoms with E-state index in [0.29, 0.717) is 38.7 Å². The SMILES string of the molecule is COc1ccccc1C(CNc1ccc(S(=O)(=O)N2CCOCC2)cn1)N(C)C. The minimum Gasteiger partial charge on any atom is -0.496 e. The summed E-state index contributed by atoms with van der Waals surface area (Å²) in [6.07, 6.45) is 1.40. The molecule has 8 nitrogen and oxygen atoms in total. The fourth-order valence-corrected chi connectivity index (χ4v) is 4.64. The zero-order chi connectivity index (χ0) is 20.9. The lowest BCUT2D eigenvalue weighted by atomic mass is 10.0. The van der Waals surface area contributed by atoms with E-state index in [4.69, 9.17) is 9.47 Å². The molecule has 1 aromatic carbocycles. The average Bonchev–Trinajstić information content (AvgIpc) is 2.75. The Morgan fingerprint density at radius 1 is 1.21 bits per heavy atom. The van der Waals surface area contributed by atoms with E-state index < -0.39 is 10.0 Å². The molecule has 0 amide bonds. The van der Waals surface area contributed by atoms with Gasteiger partial charge in [0.05, 0.1) is 26.4 Å². The summed E-state index contributed by atoms with van der Waals surface area (Å²) in [5, 5.41) is 3.30. The summed E-state index contributed by atoms with van der Waals surface area (Å²) in [7, 11) is 2.13. The van der Waals surface area contributed by atoms with Crippen LogP contribution >= 0.6 is 0 Å². The van der Waals surface area contributed by atoms with Crippen molar-refractivity contribution in [1.82, 2.24) is 14.2 Å². The van der Waals surface area contributed by atoms with Crippen molar-refractivity contribution >= 4 is 15.8 Å². The van der Waals surface area contributed by atoms with Crippen LogP contribution < -0.4 is 10.1 Å². The second kappa shape index (κ2) is 9.53. The van der Waals surface area contributed by atoms with Crippen LogP contribution in [0, 0.1) is 0 Å². The Morgan fingerprint density at radius 2 is 1.93 bits per heavy atom. The number of nitrogens with zero attached hydrogens (tertiary/aromatic N) is 3. The predicted octanol–water partition coefficient (Wildman–Crippen LogP) is 1.83. The normalized spacial score (nSPS) is 16.6. The first kappa shape index (κ1) is 21.5. The largest absolute Gasteiger partial charge is 0.496 e. The minimum atomic E-state index is -3.54. The van der Waals surface area contributed by atoms with Gasteiger partial charge in [-0.3, -0.25) is 0 Å². The van der Waals surface area contributed by atoms with Gasteiger partial charge in [-0.25, -0.2) is 13.4 Å². The second-order valence-corrected chi connectivity index (χ2v) is 8.94. The number of morpholine rings is 1. The zero-order valence-electron chi connectivity index (χ0n) is 17.0. The Morgan fingerprint density at radius 3 is 2.55 bits per heavy atom. The molecule has 3 rings (SSSR count). The van der Waals surface area contributed by atoms with Gasteiger partial charge in [-0.15, -0.1) is 0 Å².